The minimum Gasteiger partial charge on any atom is -0.496 e. The first-order valence-corrected chi connectivity index (χ1v) is 7.04. The van der Waals surface area contributed by atoms with Crippen molar-refractivity contribution in [2.75, 3.05) is 20.2 Å². The van der Waals surface area contributed by atoms with Crippen LogP contribution in [0.25, 0.3) is 0 Å². The predicted molar refractivity (Wildman–Crippen MR) is 75.3 cm³/mol. The summed E-state index contributed by atoms with van der Waals surface area (Å²) in [6.07, 6.45) is 3.95. The van der Waals surface area contributed by atoms with Crippen LogP contribution in [0.3, 0.4) is 0 Å². The van der Waals surface area contributed by atoms with Gasteiger partial charge in [0.25, 0.3) is 5.91 Å². The zero-order valence-corrected chi connectivity index (χ0v) is 11.7. The number of carbonyl (C=O) groups is 1. The van der Waals surface area contributed by atoms with E-state index in [1.165, 1.54) is 7.11 Å². The van der Waals surface area contributed by atoms with Gasteiger partial charge in [-0.2, -0.15) is 0 Å². The summed E-state index contributed by atoms with van der Waals surface area (Å²) in [5, 5.41) is 3.36. The molecule has 3 rings (SSSR count). The second-order valence-corrected chi connectivity index (χ2v) is 5.56. The molecule has 1 aromatic carbocycles. The number of fused-ring (bicyclic) bond motifs is 1. The van der Waals surface area contributed by atoms with Gasteiger partial charge in [-0.05, 0) is 50.4 Å². The maximum absolute atomic E-state index is 11.5. The number of piperidine rings is 1. The van der Waals surface area contributed by atoms with Crippen LogP contribution in [0.15, 0.2) is 12.1 Å². The summed E-state index contributed by atoms with van der Waals surface area (Å²) in [6, 6.07) is 3.61. The molecule has 1 aromatic rings. The smallest absolute Gasteiger partial charge is 0.252 e. The van der Waals surface area contributed by atoms with E-state index in [4.69, 9.17) is 15.2 Å². The summed E-state index contributed by atoms with van der Waals surface area (Å²) in [5.41, 5.74) is 6.81. The first-order valence-electron chi connectivity index (χ1n) is 7.04. The van der Waals surface area contributed by atoms with E-state index in [1.807, 2.05) is 6.07 Å². The molecule has 2 heterocycles. The molecule has 0 unspecified atom stereocenters. The number of nitrogens with two attached hydrogens (primary N) is 1. The molecular formula is C15H20N2O3. The van der Waals surface area contributed by atoms with E-state index in [0.29, 0.717) is 11.3 Å². The van der Waals surface area contributed by atoms with Gasteiger partial charge in [0.15, 0.2) is 0 Å². The molecule has 0 atom stereocenters. The van der Waals surface area contributed by atoms with Gasteiger partial charge in [0.1, 0.15) is 17.1 Å². The molecule has 0 saturated carbocycles. The molecule has 2 aliphatic rings. The number of primary amides is 1. The summed E-state index contributed by atoms with van der Waals surface area (Å²) in [4.78, 5) is 11.5. The Morgan fingerprint density at radius 2 is 2.10 bits per heavy atom. The second kappa shape index (κ2) is 4.98. The average molecular weight is 276 g/mol. The van der Waals surface area contributed by atoms with E-state index in [-0.39, 0.29) is 5.60 Å². The molecule has 108 valence electrons. The number of benzene rings is 1. The fourth-order valence-corrected chi connectivity index (χ4v) is 3.14. The SMILES string of the molecule is COc1cc2c(cc1C(N)=O)CCC1(CCNCC1)O2. The topological polar surface area (TPSA) is 73.6 Å². The van der Waals surface area contributed by atoms with E-state index in [9.17, 15) is 4.79 Å². The van der Waals surface area contributed by atoms with Crippen LogP contribution in [-0.4, -0.2) is 31.7 Å². The number of carbonyl (C=O) groups excluding carboxylic acids is 1. The molecule has 0 aromatic heterocycles. The highest BCUT2D eigenvalue weighted by molar-refractivity contribution is 5.96. The summed E-state index contributed by atoms with van der Waals surface area (Å²) in [5.74, 6) is 0.856. The molecule has 0 bridgehead atoms. The molecule has 1 saturated heterocycles. The van der Waals surface area contributed by atoms with Crippen molar-refractivity contribution < 1.29 is 14.3 Å². The fourth-order valence-electron chi connectivity index (χ4n) is 3.14. The van der Waals surface area contributed by atoms with Crippen LogP contribution in [0.4, 0.5) is 0 Å². The molecular weight excluding hydrogens is 256 g/mol. The van der Waals surface area contributed by atoms with Crippen molar-refractivity contribution in [2.24, 2.45) is 5.73 Å². The Labute approximate surface area is 118 Å². The second-order valence-electron chi connectivity index (χ2n) is 5.56. The molecule has 3 N–H and O–H groups in total. The fraction of sp³-hybridized carbons (Fsp3) is 0.533. The molecule has 5 heteroatoms. The predicted octanol–water partition coefficient (Wildman–Crippen LogP) is 1.24. The maximum Gasteiger partial charge on any atom is 0.252 e. The van der Waals surface area contributed by atoms with Crippen LogP contribution in [0.2, 0.25) is 0 Å². The van der Waals surface area contributed by atoms with Crippen LogP contribution < -0.4 is 20.5 Å². The lowest BCUT2D eigenvalue weighted by molar-refractivity contribution is 0.0168. The Balaban J connectivity index is 1.95. The first-order chi connectivity index (χ1) is 9.63. The average Bonchev–Trinajstić information content (AvgIpc) is 2.46. The number of hydrogen-bond acceptors (Lipinski definition) is 4. The molecule has 20 heavy (non-hydrogen) atoms. The zero-order chi connectivity index (χ0) is 14.2. The van der Waals surface area contributed by atoms with E-state index >= 15 is 0 Å². The van der Waals surface area contributed by atoms with Gasteiger partial charge in [0.2, 0.25) is 0 Å². The van der Waals surface area contributed by atoms with Crippen molar-refractivity contribution >= 4 is 5.91 Å². The normalized spacial score (nSPS) is 20.1. The van der Waals surface area contributed by atoms with Crippen LogP contribution in [0.1, 0.15) is 35.2 Å². The van der Waals surface area contributed by atoms with Gasteiger partial charge >= 0.3 is 0 Å². The van der Waals surface area contributed by atoms with Crippen LogP contribution >= 0.6 is 0 Å². The molecule has 0 aliphatic carbocycles. The van der Waals surface area contributed by atoms with Gasteiger partial charge in [-0.25, -0.2) is 0 Å². The third-order valence-corrected chi connectivity index (χ3v) is 4.34. The third-order valence-electron chi connectivity index (χ3n) is 4.34. The van der Waals surface area contributed by atoms with Gasteiger partial charge in [-0.1, -0.05) is 0 Å². The molecule has 5 nitrogen and oxygen atoms in total. The Bertz CT molecular complexity index is 536. The van der Waals surface area contributed by atoms with Gasteiger partial charge in [0.05, 0.1) is 12.7 Å². The molecule has 1 spiro atoms. The van der Waals surface area contributed by atoms with Crippen molar-refractivity contribution in [3.05, 3.63) is 23.3 Å². The van der Waals surface area contributed by atoms with Crippen LogP contribution in [0, 0.1) is 0 Å². The lowest BCUT2D eigenvalue weighted by atomic mass is 9.83. The Hall–Kier alpha value is -1.75. The Morgan fingerprint density at radius 3 is 2.75 bits per heavy atom. The number of amides is 1. The standard InChI is InChI=1S/C15H20N2O3/c1-19-13-9-12-10(8-11(13)14(16)18)2-3-15(20-12)4-6-17-7-5-15/h8-9,17H,2-7H2,1H3,(H2,16,18). The van der Waals surface area contributed by atoms with Crippen LogP contribution in [0.5, 0.6) is 11.5 Å². The number of hydrogen-bond donors (Lipinski definition) is 2. The number of methoxy groups -OCH3 is 1. The van der Waals surface area contributed by atoms with Crippen LogP contribution in [-0.2, 0) is 6.42 Å². The van der Waals surface area contributed by atoms with Gasteiger partial charge < -0.3 is 20.5 Å². The van der Waals surface area contributed by atoms with Crippen molar-refractivity contribution in [3.63, 3.8) is 0 Å². The number of nitrogens with one attached hydrogen (secondary N) is 1. The summed E-state index contributed by atoms with van der Waals surface area (Å²) >= 11 is 0. The monoisotopic (exact) mass is 276 g/mol. The lowest BCUT2D eigenvalue weighted by Crippen LogP contribution is -2.48. The van der Waals surface area contributed by atoms with Crippen molar-refractivity contribution in [3.8, 4) is 11.5 Å². The number of rotatable bonds is 2. The first kappa shape index (κ1) is 13.2. The highest BCUT2D eigenvalue weighted by Gasteiger charge is 2.38. The minimum atomic E-state index is -0.466. The Morgan fingerprint density at radius 1 is 1.35 bits per heavy atom. The van der Waals surface area contributed by atoms with E-state index in [2.05, 4.69) is 5.32 Å². The van der Waals surface area contributed by atoms with Crippen molar-refractivity contribution in [2.45, 2.75) is 31.3 Å². The highest BCUT2D eigenvalue weighted by Crippen LogP contribution is 2.40. The summed E-state index contributed by atoms with van der Waals surface area (Å²) in [7, 11) is 1.54. The van der Waals surface area contributed by atoms with Gasteiger partial charge in [0, 0.05) is 6.07 Å². The highest BCUT2D eigenvalue weighted by atomic mass is 16.5. The molecule has 2 aliphatic heterocycles. The number of aryl methyl sites for hydroxylation is 1. The zero-order valence-electron chi connectivity index (χ0n) is 11.7. The van der Waals surface area contributed by atoms with Gasteiger partial charge in [-0.3, -0.25) is 4.79 Å². The molecule has 1 amide bonds. The van der Waals surface area contributed by atoms with Gasteiger partial charge in [-0.15, -0.1) is 0 Å². The van der Waals surface area contributed by atoms with Crippen molar-refractivity contribution in [1.82, 2.24) is 5.32 Å². The maximum atomic E-state index is 11.5. The van der Waals surface area contributed by atoms with E-state index < -0.39 is 5.91 Å². The third kappa shape index (κ3) is 2.22. The molecule has 0 radical (unpaired) electrons. The summed E-state index contributed by atoms with van der Waals surface area (Å²) in [6.45, 7) is 1.98. The largest absolute Gasteiger partial charge is 0.496 e. The quantitative estimate of drug-likeness (QED) is 0.852. The van der Waals surface area contributed by atoms with E-state index in [0.717, 1.165) is 50.1 Å². The van der Waals surface area contributed by atoms with E-state index in [1.54, 1.807) is 6.07 Å². The Kier molecular flexibility index (Phi) is 3.30. The minimum absolute atomic E-state index is 0.0580. The number of ether oxygens (including phenoxy) is 2. The lowest BCUT2D eigenvalue weighted by Gasteiger charge is -2.41. The van der Waals surface area contributed by atoms with Crippen molar-refractivity contribution in [1.29, 1.82) is 0 Å². The molecule has 1 fully saturated rings. The summed E-state index contributed by atoms with van der Waals surface area (Å²) < 4.78 is 11.5.